The van der Waals surface area contributed by atoms with Gasteiger partial charge in [0.15, 0.2) is 0 Å². The summed E-state index contributed by atoms with van der Waals surface area (Å²) in [6, 6.07) is 10.0. The molecule has 2 nitrogen and oxygen atoms in total. The first-order valence-electron chi connectivity index (χ1n) is 5.17. The highest BCUT2D eigenvalue weighted by molar-refractivity contribution is 6.24. The monoisotopic (exact) mass is 197 g/mol. The van der Waals surface area contributed by atoms with Gasteiger partial charge in [-0.15, -0.1) is 0 Å². The van der Waals surface area contributed by atoms with Crippen molar-refractivity contribution in [1.29, 1.82) is 0 Å². The molecule has 2 aromatic rings. The van der Waals surface area contributed by atoms with E-state index >= 15 is 0 Å². The average Bonchev–Trinajstić information content (AvgIpc) is 2.59. The van der Waals surface area contributed by atoms with E-state index in [-0.39, 0.29) is 5.91 Å². The van der Waals surface area contributed by atoms with Crippen molar-refractivity contribution in [3.05, 3.63) is 41.5 Å². The topological polar surface area (TPSA) is 29.1 Å². The third-order valence-corrected chi connectivity index (χ3v) is 3.00. The summed E-state index contributed by atoms with van der Waals surface area (Å²) in [4.78, 5) is 11.6. The van der Waals surface area contributed by atoms with E-state index in [1.54, 1.807) is 0 Å². The Morgan fingerprint density at radius 3 is 2.87 bits per heavy atom. The summed E-state index contributed by atoms with van der Waals surface area (Å²) in [5.41, 5.74) is 3.05. The summed E-state index contributed by atoms with van der Waals surface area (Å²) in [7, 11) is 0. The highest BCUT2D eigenvalue weighted by atomic mass is 16.1. The molecule has 1 aliphatic rings. The van der Waals surface area contributed by atoms with Gasteiger partial charge in [0.2, 0.25) is 0 Å². The van der Waals surface area contributed by atoms with Crippen molar-refractivity contribution in [1.82, 2.24) is 0 Å². The lowest BCUT2D eigenvalue weighted by Crippen LogP contribution is -2.03. The summed E-state index contributed by atoms with van der Waals surface area (Å²) < 4.78 is 0. The number of nitrogens with one attached hydrogen (secondary N) is 1. The van der Waals surface area contributed by atoms with Crippen LogP contribution in [0, 0.1) is 0 Å². The van der Waals surface area contributed by atoms with Crippen LogP contribution >= 0.6 is 0 Å². The molecule has 74 valence electrons. The molecular formula is C13H11NO. The summed E-state index contributed by atoms with van der Waals surface area (Å²) in [5.74, 6) is 0.0175. The predicted molar refractivity (Wildman–Crippen MR) is 61.3 cm³/mol. The van der Waals surface area contributed by atoms with E-state index in [9.17, 15) is 4.79 Å². The van der Waals surface area contributed by atoms with E-state index in [4.69, 9.17) is 0 Å². The van der Waals surface area contributed by atoms with Crippen LogP contribution in [-0.2, 0) is 6.42 Å². The van der Waals surface area contributed by atoms with Gasteiger partial charge < -0.3 is 5.32 Å². The number of hydrogen-bond donors (Lipinski definition) is 1. The first kappa shape index (κ1) is 8.48. The van der Waals surface area contributed by atoms with Crippen LogP contribution in [-0.4, -0.2) is 5.91 Å². The SMILES string of the molecule is CCc1ccc2c3c(cccc13)C(=O)N2. The number of aryl methyl sites for hydroxylation is 1. The van der Waals surface area contributed by atoms with Crippen molar-refractivity contribution in [2.45, 2.75) is 13.3 Å². The van der Waals surface area contributed by atoms with E-state index in [0.29, 0.717) is 0 Å². The molecular weight excluding hydrogens is 186 g/mol. The van der Waals surface area contributed by atoms with Crippen LogP contribution in [0.4, 0.5) is 5.69 Å². The van der Waals surface area contributed by atoms with Gasteiger partial charge in [-0.3, -0.25) is 4.79 Å². The molecule has 1 N–H and O–H groups in total. The Balaban J connectivity index is 2.50. The minimum atomic E-state index is 0.0175. The van der Waals surface area contributed by atoms with Crippen LogP contribution in [0.15, 0.2) is 30.3 Å². The summed E-state index contributed by atoms with van der Waals surface area (Å²) >= 11 is 0. The second-order valence-corrected chi connectivity index (χ2v) is 3.81. The normalized spacial score (nSPS) is 13.3. The summed E-state index contributed by atoms with van der Waals surface area (Å²) in [5, 5.41) is 5.17. The highest BCUT2D eigenvalue weighted by Gasteiger charge is 2.21. The number of rotatable bonds is 1. The van der Waals surface area contributed by atoms with E-state index in [0.717, 1.165) is 23.1 Å². The maximum atomic E-state index is 11.6. The van der Waals surface area contributed by atoms with Gasteiger partial charge >= 0.3 is 0 Å². The zero-order chi connectivity index (χ0) is 10.4. The van der Waals surface area contributed by atoms with Gasteiger partial charge in [0.1, 0.15) is 0 Å². The van der Waals surface area contributed by atoms with Crippen LogP contribution in [0.5, 0.6) is 0 Å². The Bertz CT molecular complexity index is 572. The van der Waals surface area contributed by atoms with E-state index < -0.39 is 0 Å². The molecule has 1 amide bonds. The molecule has 0 saturated heterocycles. The van der Waals surface area contributed by atoms with Gasteiger partial charge in [-0.2, -0.15) is 0 Å². The fourth-order valence-electron chi connectivity index (χ4n) is 2.26. The molecule has 0 spiro atoms. The fourth-order valence-corrected chi connectivity index (χ4v) is 2.26. The van der Waals surface area contributed by atoms with E-state index in [1.807, 2.05) is 18.2 Å². The Kier molecular flexibility index (Phi) is 1.60. The van der Waals surface area contributed by atoms with Crippen LogP contribution in [0.3, 0.4) is 0 Å². The van der Waals surface area contributed by atoms with Crippen molar-refractivity contribution < 1.29 is 4.79 Å². The van der Waals surface area contributed by atoms with Gasteiger partial charge in [0.25, 0.3) is 5.91 Å². The van der Waals surface area contributed by atoms with Crippen molar-refractivity contribution in [2.75, 3.05) is 5.32 Å². The van der Waals surface area contributed by atoms with Crippen LogP contribution in [0.1, 0.15) is 22.8 Å². The Labute approximate surface area is 87.9 Å². The van der Waals surface area contributed by atoms with Crippen LogP contribution in [0.2, 0.25) is 0 Å². The maximum absolute atomic E-state index is 11.6. The molecule has 0 atom stereocenters. The molecule has 15 heavy (non-hydrogen) atoms. The smallest absolute Gasteiger partial charge is 0.256 e. The molecule has 0 bridgehead atoms. The number of anilines is 1. The van der Waals surface area contributed by atoms with Crippen LogP contribution < -0.4 is 5.32 Å². The van der Waals surface area contributed by atoms with E-state index in [1.165, 1.54) is 10.9 Å². The molecule has 3 rings (SSSR count). The van der Waals surface area contributed by atoms with Gasteiger partial charge in [-0.1, -0.05) is 25.1 Å². The number of benzene rings is 2. The third-order valence-electron chi connectivity index (χ3n) is 3.00. The molecule has 0 unspecified atom stereocenters. The average molecular weight is 197 g/mol. The second kappa shape index (κ2) is 2.83. The first-order chi connectivity index (χ1) is 7.31. The number of carbonyl (C=O) groups is 1. The van der Waals surface area contributed by atoms with Crippen molar-refractivity contribution in [3.63, 3.8) is 0 Å². The molecule has 2 aromatic carbocycles. The zero-order valence-corrected chi connectivity index (χ0v) is 8.50. The second-order valence-electron chi connectivity index (χ2n) is 3.81. The maximum Gasteiger partial charge on any atom is 0.256 e. The lowest BCUT2D eigenvalue weighted by molar-refractivity contribution is 0.103. The molecule has 2 heteroatoms. The Morgan fingerprint density at radius 2 is 2.07 bits per heavy atom. The Hall–Kier alpha value is -1.83. The van der Waals surface area contributed by atoms with Gasteiger partial charge in [0.05, 0.1) is 0 Å². The molecule has 0 aliphatic carbocycles. The van der Waals surface area contributed by atoms with Gasteiger partial charge in [0, 0.05) is 16.6 Å². The predicted octanol–water partition coefficient (Wildman–Crippen LogP) is 2.97. The van der Waals surface area contributed by atoms with E-state index in [2.05, 4.69) is 24.4 Å². The third kappa shape index (κ3) is 1.02. The molecule has 0 fully saturated rings. The largest absolute Gasteiger partial charge is 0.321 e. The number of carbonyl (C=O) groups excluding carboxylic acids is 1. The van der Waals surface area contributed by atoms with Gasteiger partial charge in [-0.25, -0.2) is 0 Å². The first-order valence-corrected chi connectivity index (χ1v) is 5.17. The molecule has 1 aliphatic heterocycles. The van der Waals surface area contributed by atoms with Crippen LogP contribution in [0.25, 0.3) is 10.8 Å². The summed E-state index contributed by atoms with van der Waals surface area (Å²) in [6.07, 6.45) is 0.994. The molecule has 0 saturated carbocycles. The van der Waals surface area contributed by atoms with Crippen molar-refractivity contribution in [3.8, 4) is 0 Å². The lowest BCUT2D eigenvalue weighted by Gasteiger charge is -2.04. The minimum absolute atomic E-state index is 0.0175. The standard InChI is InChI=1S/C13H11NO/c1-2-8-6-7-11-12-9(8)4-3-5-10(12)13(15)14-11/h3-7H,2H2,1H3,(H,14,15). The van der Waals surface area contributed by atoms with Crippen molar-refractivity contribution in [2.24, 2.45) is 0 Å². The molecule has 0 radical (unpaired) electrons. The zero-order valence-electron chi connectivity index (χ0n) is 8.50. The molecule has 1 heterocycles. The quantitative estimate of drug-likeness (QED) is 0.748. The highest BCUT2D eigenvalue weighted by Crippen LogP contribution is 2.34. The summed E-state index contributed by atoms with van der Waals surface area (Å²) in [6.45, 7) is 2.13. The number of amides is 1. The molecule has 0 aromatic heterocycles. The fraction of sp³-hybridized carbons (Fsp3) is 0.154. The van der Waals surface area contributed by atoms with Crippen molar-refractivity contribution >= 4 is 22.4 Å². The Morgan fingerprint density at radius 1 is 1.20 bits per heavy atom. The van der Waals surface area contributed by atoms with Gasteiger partial charge in [-0.05, 0) is 29.5 Å². The number of hydrogen-bond acceptors (Lipinski definition) is 1. The lowest BCUT2D eigenvalue weighted by atomic mass is 9.99. The minimum Gasteiger partial charge on any atom is -0.321 e.